The van der Waals surface area contributed by atoms with Crippen molar-refractivity contribution in [2.24, 2.45) is 5.92 Å². The first-order chi connectivity index (χ1) is 13.3. The smallest absolute Gasteiger partial charge is 0.227 e. The third-order valence-corrected chi connectivity index (χ3v) is 6.26. The summed E-state index contributed by atoms with van der Waals surface area (Å²) in [6.07, 6.45) is 6.97. The largest absolute Gasteiger partial charge is 0.394 e. The molecule has 1 N–H and O–H groups in total. The van der Waals surface area contributed by atoms with Crippen LogP contribution >= 0.6 is 0 Å². The molecule has 0 radical (unpaired) electrons. The number of rotatable bonds is 4. The average Bonchev–Trinajstić information content (AvgIpc) is 3.23. The molecule has 1 aromatic rings. The van der Waals surface area contributed by atoms with E-state index in [0.717, 1.165) is 24.8 Å². The highest BCUT2D eigenvalue weighted by Gasteiger charge is 2.53. The molecule has 1 amide bonds. The molecule has 3 aliphatic rings. The van der Waals surface area contributed by atoms with Crippen LogP contribution in [0.2, 0.25) is 0 Å². The molecule has 4 rings (SSSR count). The number of carbonyl (C=O) groups excluding carboxylic acids is 1. The van der Waals surface area contributed by atoms with Crippen molar-refractivity contribution in [2.45, 2.75) is 50.1 Å². The van der Waals surface area contributed by atoms with Gasteiger partial charge in [-0.2, -0.15) is 5.26 Å². The number of amides is 1. The second-order valence-corrected chi connectivity index (χ2v) is 7.69. The zero-order chi connectivity index (χ0) is 18.8. The highest BCUT2D eigenvalue weighted by molar-refractivity contribution is 5.82. The highest BCUT2D eigenvalue weighted by atomic mass is 16.5. The molecule has 0 spiro atoms. The fourth-order valence-corrected chi connectivity index (χ4v) is 4.83. The minimum atomic E-state index is -0.513. The van der Waals surface area contributed by atoms with Crippen molar-refractivity contribution in [2.75, 3.05) is 19.8 Å². The van der Waals surface area contributed by atoms with Gasteiger partial charge < -0.3 is 14.7 Å². The zero-order valence-electron chi connectivity index (χ0n) is 15.5. The Kier molecular flexibility index (Phi) is 5.29. The number of aliphatic hydroxyl groups excluding tert-OH is 1. The van der Waals surface area contributed by atoms with Crippen molar-refractivity contribution in [1.82, 2.24) is 4.90 Å². The summed E-state index contributed by atoms with van der Waals surface area (Å²) in [6, 6.07) is 9.68. The molecule has 2 fully saturated rings. The van der Waals surface area contributed by atoms with Crippen molar-refractivity contribution in [3.05, 3.63) is 41.5 Å². The molecule has 142 valence electrons. The van der Waals surface area contributed by atoms with Gasteiger partial charge in [0.25, 0.3) is 0 Å². The lowest BCUT2D eigenvalue weighted by Gasteiger charge is -2.53. The Hall–Kier alpha value is -2.16. The number of ether oxygens (including phenoxy) is 1. The highest BCUT2D eigenvalue weighted by Crippen LogP contribution is 2.45. The number of nitrogens with zero attached hydrogens (tertiary/aromatic N) is 2. The summed E-state index contributed by atoms with van der Waals surface area (Å²) in [7, 11) is 0. The lowest BCUT2D eigenvalue weighted by molar-refractivity contribution is -0.154. The maximum atomic E-state index is 13.0. The summed E-state index contributed by atoms with van der Waals surface area (Å²) in [6.45, 7) is 1.06. The summed E-state index contributed by atoms with van der Waals surface area (Å²) in [5, 5.41) is 19.9. The van der Waals surface area contributed by atoms with Crippen molar-refractivity contribution in [3.63, 3.8) is 0 Å². The van der Waals surface area contributed by atoms with Crippen LogP contribution in [0.5, 0.6) is 0 Å². The Morgan fingerprint density at radius 3 is 2.74 bits per heavy atom. The van der Waals surface area contributed by atoms with Gasteiger partial charge in [0.1, 0.15) is 6.04 Å². The van der Waals surface area contributed by atoms with Crippen LogP contribution in [0.4, 0.5) is 0 Å². The Morgan fingerprint density at radius 1 is 1.30 bits per heavy atom. The third kappa shape index (κ3) is 3.18. The lowest BCUT2D eigenvalue weighted by Crippen LogP contribution is -2.66. The minimum absolute atomic E-state index is 0.00212. The summed E-state index contributed by atoms with van der Waals surface area (Å²) in [4.78, 5) is 14.7. The SMILES string of the molecule is N#C[C@@H]1[C@H](c2ccccc2C2=CCCC2)[C@H](CO)N1C(=O)C1CCOCC1. The molecule has 0 aromatic heterocycles. The predicted octanol–water partition coefficient (Wildman–Crippen LogP) is 2.86. The molecule has 5 heteroatoms. The van der Waals surface area contributed by atoms with Crippen molar-refractivity contribution in [1.29, 1.82) is 5.26 Å². The molecule has 2 saturated heterocycles. The van der Waals surface area contributed by atoms with Gasteiger partial charge in [0.05, 0.1) is 18.7 Å². The molecule has 2 aliphatic heterocycles. The second kappa shape index (κ2) is 7.84. The maximum Gasteiger partial charge on any atom is 0.227 e. The fraction of sp³-hybridized carbons (Fsp3) is 0.545. The Bertz CT molecular complexity index is 776. The van der Waals surface area contributed by atoms with Crippen LogP contribution in [-0.4, -0.2) is 47.8 Å². The molecule has 27 heavy (non-hydrogen) atoms. The van der Waals surface area contributed by atoms with Gasteiger partial charge in [-0.05, 0) is 48.8 Å². The quantitative estimate of drug-likeness (QED) is 0.889. The van der Waals surface area contributed by atoms with Crippen molar-refractivity contribution < 1.29 is 14.6 Å². The van der Waals surface area contributed by atoms with Crippen molar-refractivity contribution >= 4 is 11.5 Å². The molecule has 3 atom stereocenters. The summed E-state index contributed by atoms with van der Waals surface area (Å²) < 4.78 is 5.36. The van der Waals surface area contributed by atoms with Crippen LogP contribution in [0.15, 0.2) is 30.3 Å². The van der Waals surface area contributed by atoms with E-state index in [-0.39, 0.29) is 30.4 Å². The summed E-state index contributed by atoms with van der Waals surface area (Å²) >= 11 is 0. The first kappa shape index (κ1) is 18.2. The Labute approximate surface area is 160 Å². The number of nitriles is 1. The molecule has 0 saturated carbocycles. The Balaban J connectivity index is 1.63. The van der Waals surface area contributed by atoms with Crippen LogP contribution < -0.4 is 0 Å². The second-order valence-electron chi connectivity index (χ2n) is 7.69. The van der Waals surface area contributed by atoms with Crippen molar-refractivity contribution in [3.8, 4) is 6.07 Å². The van der Waals surface area contributed by atoms with E-state index in [9.17, 15) is 15.2 Å². The van der Waals surface area contributed by atoms with E-state index in [1.54, 1.807) is 4.90 Å². The number of hydrogen-bond acceptors (Lipinski definition) is 4. The first-order valence-corrected chi connectivity index (χ1v) is 9.95. The maximum absolute atomic E-state index is 13.0. The van der Waals surface area contributed by atoms with E-state index in [1.807, 2.05) is 12.1 Å². The normalized spacial score (nSPS) is 28.4. The van der Waals surface area contributed by atoms with Crippen LogP contribution in [0, 0.1) is 17.2 Å². The topological polar surface area (TPSA) is 73.6 Å². The molecular formula is C22H26N2O3. The number of hydrogen-bond donors (Lipinski definition) is 1. The molecule has 5 nitrogen and oxygen atoms in total. The predicted molar refractivity (Wildman–Crippen MR) is 102 cm³/mol. The van der Waals surface area contributed by atoms with Crippen LogP contribution in [-0.2, 0) is 9.53 Å². The molecular weight excluding hydrogens is 340 g/mol. The van der Waals surface area contributed by atoms with E-state index in [0.29, 0.717) is 26.1 Å². The van der Waals surface area contributed by atoms with E-state index < -0.39 is 6.04 Å². The van der Waals surface area contributed by atoms with Gasteiger partial charge in [-0.25, -0.2) is 0 Å². The monoisotopic (exact) mass is 366 g/mol. The van der Waals surface area contributed by atoms with Crippen LogP contribution in [0.25, 0.3) is 5.57 Å². The van der Waals surface area contributed by atoms with Gasteiger partial charge in [-0.1, -0.05) is 30.3 Å². The number of benzene rings is 1. The zero-order valence-corrected chi connectivity index (χ0v) is 15.5. The first-order valence-electron chi connectivity index (χ1n) is 9.95. The van der Waals surface area contributed by atoms with Gasteiger partial charge in [0.2, 0.25) is 5.91 Å². The molecule has 2 heterocycles. The van der Waals surface area contributed by atoms with E-state index >= 15 is 0 Å². The number of carbonyl (C=O) groups is 1. The molecule has 0 bridgehead atoms. The minimum Gasteiger partial charge on any atom is -0.394 e. The van der Waals surface area contributed by atoms with E-state index in [4.69, 9.17) is 4.74 Å². The van der Waals surface area contributed by atoms with E-state index in [1.165, 1.54) is 11.1 Å². The summed E-state index contributed by atoms with van der Waals surface area (Å²) in [5.41, 5.74) is 3.59. The van der Waals surface area contributed by atoms with E-state index in [2.05, 4.69) is 24.3 Å². The van der Waals surface area contributed by atoms with Crippen LogP contribution in [0.1, 0.15) is 49.1 Å². The summed E-state index contributed by atoms with van der Waals surface area (Å²) in [5.74, 6) is -0.239. The molecule has 1 aromatic carbocycles. The van der Waals surface area contributed by atoms with Gasteiger partial charge in [0.15, 0.2) is 0 Å². The molecule has 0 unspecified atom stereocenters. The van der Waals surface area contributed by atoms with Gasteiger partial charge in [-0.3, -0.25) is 4.79 Å². The van der Waals surface area contributed by atoms with Gasteiger partial charge >= 0.3 is 0 Å². The third-order valence-electron chi connectivity index (χ3n) is 6.26. The fourth-order valence-electron chi connectivity index (χ4n) is 4.83. The standard InChI is InChI=1S/C22H26N2O3/c23-13-19-21(18-8-4-3-7-17(18)15-5-1-2-6-15)20(14-25)24(19)22(26)16-9-11-27-12-10-16/h3-5,7-8,16,19-21,25H,1-2,6,9-12,14H2/t19-,20+,21+/m1/s1. The lowest BCUT2D eigenvalue weighted by atomic mass is 9.72. The van der Waals surface area contributed by atoms with Gasteiger partial charge in [-0.15, -0.1) is 0 Å². The number of aliphatic hydroxyl groups is 1. The molecule has 1 aliphatic carbocycles. The Morgan fingerprint density at radius 2 is 2.07 bits per heavy atom. The van der Waals surface area contributed by atoms with Crippen LogP contribution in [0.3, 0.4) is 0 Å². The number of likely N-dealkylation sites (tertiary alicyclic amines) is 1. The average molecular weight is 366 g/mol. The number of allylic oxidation sites excluding steroid dienone is 2. The van der Waals surface area contributed by atoms with Gasteiger partial charge in [0, 0.05) is 25.0 Å².